The monoisotopic (exact) mass is 250 g/mol. The van der Waals surface area contributed by atoms with Crippen molar-refractivity contribution in [1.82, 2.24) is 0 Å². The molecule has 1 aromatic rings. The fraction of sp³-hybridized carbons (Fsp3) is 0.400. The van der Waals surface area contributed by atoms with E-state index in [1.807, 2.05) is 0 Å². The lowest BCUT2D eigenvalue weighted by Gasteiger charge is -2.19. The molecule has 0 heterocycles. The van der Waals surface area contributed by atoms with Crippen molar-refractivity contribution < 1.29 is 14.9 Å². The third kappa shape index (κ3) is 2.75. The minimum atomic E-state index is -1.15. The molecule has 0 radical (unpaired) electrons. The van der Waals surface area contributed by atoms with Gasteiger partial charge in [0.2, 0.25) is 0 Å². The Bertz CT molecular complexity index is 330. The molecule has 0 fully saturated rings. The number of halogens is 2. The number of hydrogen-bond acceptors (Lipinski definition) is 3. The molecule has 15 heavy (non-hydrogen) atoms. The van der Waals surface area contributed by atoms with Crippen molar-refractivity contribution >= 4 is 23.2 Å². The second-order valence-electron chi connectivity index (χ2n) is 3.02. The van der Waals surface area contributed by atoms with Gasteiger partial charge in [-0.25, -0.2) is 0 Å². The zero-order chi connectivity index (χ0) is 11.4. The van der Waals surface area contributed by atoms with E-state index in [4.69, 9.17) is 27.9 Å². The molecule has 1 aromatic carbocycles. The van der Waals surface area contributed by atoms with E-state index < -0.39 is 12.2 Å². The first-order chi connectivity index (χ1) is 7.11. The second kappa shape index (κ2) is 5.56. The summed E-state index contributed by atoms with van der Waals surface area (Å²) in [6, 6.07) is 4.97. The van der Waals surface area contributed by atoms with Crippen LogP contribution in [0.15, 0.2) is 18.2 Å². The van der Waals surface area contributed by atoms with E-state index in [0.29, 0.717) is 16.3 Å². The SMILES string of the molecule is COc1cccc(Cl)c1C(O)C(O)CCl. The maximum Gasteiger partial charge on any atom is 0.126 e. The molecule has 5 heteroatoms. The largest absolute Gasteiger partial charge is 0.496 e. The minimum absolute atomic E-state index is 0.0739. The fourth-order valence-electron chi connectivity index (χ4n) is 1.26. The molecule has 0 amide bonds. The highest BCUT2D eigenvalue weighted by molar-refractivity contribution is 6.31. The van der Waals surface area contributed by atoms with E-state index in [9.17, 15) is 10.2 Å². The maximum atomic E-state index is 9.78. The lowest BCUT2D eigenvalue weighted by molar-refractivity contribution is 0.0313. The third-order valence-corrected chi connectivity index (χ3v) is 2.70. The van der Waals surface area contributed by atoms with Gasteiger partial charge in [-0.15, -0.1) is 11.6 Å². The van der Waals surface area contributed by atoms with E-state index in [1.165, 1.54) is 7.11 Å². The normalized spacial score (nSPS) is 14.7. The van der Waals surface area contributed by atoms with Crippen LogP contribution in [0.2, 0.25) is 5.02 Å². The highest BCUT2D eigenvalue weighted by Crippen LogP contribution is 2.33. The number of rotatable bonds is 4. The van der Waals surface area contributed by atoms with Gasteiger partial charge >= 0.3 is 0 Å². The molecule has 0 aliphatic rings. The van der Waals surface area contributed by atoms with Crippen LogP contribution in [0.4, 0.5) is 0 Å². The van der Waals surface area contributed by atoms with E-state index in [1.54, 1.807) is 18.2 Å². The molecule has 2 N–H and O–H groups in total. The van der Waals surface area contributed by atoms with E-state index in [-0.39, 0.29) is 5.88 Å². The number of hydrogen-bond donors (Lipinski definition) is 2. The number of alkyl halides is 1. The van der Waals surface area contributed by atoms with Gasteiger partial charge in [0.05, 0.1) is 24.1 Å². The van der Waals surface area contributed by atoms with Crippen LogP contribution in [0.3, 0.4) is 0 Å². The Morgan fingerprint density at radius 3 is 2.60 bits per heavy atom. The summed E-state index contributed by atoms with van der Waals surface area (Å²) >= 11 is 11.4. The summed E-state index contributed by atoms with van der Waals surface area (Å²) in [5.41, 5.74) is 0.356. The lowest BCUT2D eigenvalue weighted by atomic mass is 10.0. The van der Waals surface area contributed by atoms with Crippen molar-refractivity contribution in [2.45, 2.75) is 12.2 Å². The van der Waals surface area contributed by atoms with Crippen LogP contribution in [-0.2, 0) is 0 Å². The van der Waals surface area contributed by atoms with Crippen molar-refractivity contribution in [1.29, 1.82) is 0 Å². The first-order valence-corrected chi connectivity index (χ1v) is 5.27. The zero-order valence-corrected chi connectivity index (χ0v) is 9.66. The van der Waals surface area contributed by atoms with Crippen LogP contribution in [0, 0.1) is 0 Å². The Kier molecular flexibility index (Phi) is 4.67. The van der Waals surface area contributed by atoms with Crippen LogP contribution >= 0.6 is 23.2 Å². The van der Waals surface area contributed by atoms with Crippen molar-refractivity contribution in [3.05, 3.63) is 28.8 Å². The van der Waals surface area contributed by atoms with Gasteiger partial charge in [-0.05, 0) is 12.1 Å². The summed E-state index contributed by atoms with van der Waals surface area (Å²) in [7, 11) is 1.47. The molecule has 1 rings (SSSR count). The highest BCUT2D eigenvalue weighted by Gasteiger charge is 2.23. The van der Waals surface area contributed by atoms with Crippen LogP contribution in [0.5, 0.6) is 5.75 Å². The van der Waals surface area contributed by atoms with Gasteiger partial charge in [-0.2, -0.15) is 0 Å². The Labute approximate surface area is 98.2 Å². The Hall–Kier alpha value is -0.480. The van der Waals surface area contributed by atoms with Crippen LogP contribution in [0.1, 0.15) is 11.7 Å². The highest BCUT2D eigenvalue weighted by atomic mass is 35.5. The molecular formula is C10H12Cl2O3. The molecule has 0 saturated heterocycles. The summed E-state index contributed by atoms with van der Waals surface area (Å²) in [4.78, 5) is 0. The molecule has 0 bridgehead atoms. The fourth-order valence-corrected chi connectivity index (χ4v) is 1.71. The molecule has 84 valence electrons. The topological polar surface area (TPSA) is 49.7 Å². The van der Waals surface area contributed by atoms with Gasteiger partial charge in [0.25, 0.3) is 0 Å². The standard InChI is InChI=1S/C10H12Cl2O3/c1-15-8-4-2-3-6(12)9(8)10(14)7(13)5-11/h2-4,7,10,13-14H,5H2,1H3. The van der Waals surface area contributed by atoms with Gasteiger partial charge < -0.3 is 14.9 Å². The minimum Gasteiger partial charge on any atom is -0.496 e. The van der Waals surface area contributed by atoms with Gasteiger partial charge in [-0.3, -0.25) is 0 Å². The number of ether oxygens (including phenoxy) is 1. The average Bonchev–Trinajstić information content (AvgIpc) is 2.26. The first-order valence-electron chi connectivity index (χ1n) is 4.36. The molecule has 2 unspecified atom stereocenters. The maximum absolute atomic E-state index is 9.78. The predicted octanol–water partition coefficient (Wildman–Crippen LogP) is 1.98. The summed E-state index contributed by atoms with van der Waals surface area (Å²) in [6.45, 7) is 0. The van der Waals surface area contributed by atoms with Crippen molar-refractivity contribution in [3.8, 4) is 5.75 Å². The van der Waals surface area contributed by atoms with Gasteiger partial charge in [0, 0.05) is 5.56 Å². The Balaban J connectivity index is 3.10. The molecule has 0 saturated carbocycles. The van der Waals surface area contributed by atoms with Crippen LogP contribution < -0.4 is 4.74 Å². The number of aliphatic hydroxyl groups excluding tert-OH is 2. The quantitative estimate of drug-likeness (QED) is 0.804. The van der Waals surface area contributed by atoms with E-state index >= 15 is 0 Å². The molecule has 0 aliphatic heterocycles. The van der Waals surface area contributed by atoms with Gasteiger partial charge in [0.15, 0.2) is 0 Å². The van der Waals surface area contributed by atoms with E-state index in [0.717, 1.165) is 0 Å². The molecule has 3 nitrogen and oxygen atoms in total. The summed E-state index contributed by atoms with van der Waals surface area (Å²) in [6.07, 6.45) is -2.22. The summed E-state index contributed by atoms with van der Waals surface area (Å²) in [5, 5.41) is 19.5. The van der Waals surface area contributed by atoms with Gasteiger partial charge in [0.1, 0.15) is 11.9 Å². The predicted molar refractivity (Wildman–Crippen MR) is 59.7 cm³/mol. The number of methoxy groups -OCH3 is 1. The molecule has 2 atom stereocenters. The molecular weight excluding hydrogens is 239 g/mol. The van der Waals surface area contributed by atoms with Crippen LogP contribution in [0.25, 0.3) is 0 Å². The average molecular weight is 251 g/mol. The first kappa shape index (κ1) is 12.6. The Morgan fingerprint density at radius 2 is 2.07 bits per heavy atom. The van der Waals surface area contributed by atoms with Crippen molar-refractivity contribution in [2.24, 2.45) is 0 Å². The number of benzene rings is 1. The zero-order valence-electron chi connectivity index (χ0n) is 8.15. The Morgan fingerprint density at radius 1 is 1.40 bits per heavy atom. The van der Waals surface area contributed by atoms with Gasteiger partial charge in [-0.1, -0.05) is 17.7 Å². The molecule has 0 aliphatic carbocycles. The van der Waals surface area contributed by atoms with Crippen molar-refractivity contribution in [3.63, 3.8) is 0 Å². The smallest absolute Gasteiger partial charge is 0.126 e. The second-order valence-corrected chi connectivity index (χ2v) is 3.74. The van der Waals surface area contributed by atoms with E-state index in [2.05, 4.69) is 0 Å². The lowest BCUT2D eigenvalue weighted by Crippen LogP contribution is -2.20. The van der Waals surface area contributed by atoms with Crippen molar-refractivity contribution in [2.75, 3.05) is 13.0 Å². The third-order valence-electron chi connectivity index (χ3n) is 2.05. The number of aliphatic hydroxyl groups is 2. The van der Waals surface area contributed by atoms with Crippen LogP contribution in [-0.4, -0.2) is 29.3 Å². The summed E-state index contributed by atoms with van der Waals surface area (Å²) in [5.74, 6) is 0.356. The summed E-state index contributed by atoms with van der Waals surface area (Å²) < 4.78 is 5.04. The molecule has 0 aromatic heterocycles. The molecule has 0 spiro atoms.